The molecule has 126 valence electrons. The average molecular weight is 320 g/mol. The van der Waals surface area contributed by atoms with Gasteiger partial charge in [-0.2, -0.15) is 0 Å². The highest BCUT2D eigenvalue weighted by Crippen LogP contribution is 2.47. The Kier molecular flexibility index (Phi) is 5.90. The van der Waals surface area contributed by atoms with Crippen LogP contribution in [-0.2, 0) is 16.0 Å². The van der Waals surface area contributed by atoms with Gasteiger partial charge in [-0.15, -0.1) is 0 Å². The largest absolute Gasteiger partial charge is 0.493 e. The van der Waals surface area contributed by atoms with Crippen LogP contribution >= 0.6 is 0 Å². The molecule has 23 heavy (non-hydrogen) atoms. The van der Waals surface area contributed by atoms with Gasteiger partial charge in [0, 0.05) is 12.0 Å². The number of carbonyl (C=O) groups is 1. The minimum atomic E-state index is -0.212. The van der Waals surface area contributed by atoms with E-state index in [4.69, 9.17) is 18.9 Å². The molecule has 0 aliphatic heterocycles. The summed E-state index contributed by atoms with van der Waals surface area (Å²) in [5.74, 6) is 1.70. The third-order valence-electron chi connectivity index (χ3n) is 4.10. The van der Waals surface area contributed by atoms with Crippen LogP contribution in [0, 0.1) is 0 Å². The quantitative estimate of drug-likeness (QED) is 0.752. The number of carbonyl (C=O) groups excluding carboxylic acids is 1. The van der Waals surface area contributed by atoms with Crippen LogP contribution in [0.4, 0.5) is 0 Å². The highest BCUT2D eigenvalue weighted by atomic mass is 16.5. The fourth-order valence-corrected chi connectivity index (χ4v) is 2.99. The minimum Gasteiger partial charge on any atom is -0.493 e. The fourth-order valence-electron chi connectivity index (χ4n) is 2.99. The first kappa shape index (κ1) is 17.2. The molecule has 0 unspecified atom stereocenters. The smallest absolute Gasteiger partial charge is 0.305 e. The molecule has 5 nitrogen and oxygen atoms in total. The number of benzene rings is 1. The van der Waals surface area contributed by atoms with Gasteiger partial charge in [0.25, 0.3) is 0 Å². The van der Waals surface area contributed by atoms with E-state index in [0.29, 0.717) is 30.1 Å². The van der Waals surface area contributed by atoms with Crippen molar-refractivity contribution in [1.29, 1.82) is 0 Å². The van der Waals surface area contributed by atoms with Crippen LogP contribution in [0.3, 0.4) is 0 Å². The fraction of sp³-hybridized carbons (Fsp3) is 0.500. The van der Waals surface area contributed by atoms with Crippen LogP contribution < -0.4 is 14.2 Å². The van der Waals surface area contributed by atoms with Gasteiger partial charge in [0.2, 0.25) is 5.75 Å². The molecule has 0 heterocycles. The summed E-state index contributed by atoms with van der Waals surface area (Å²) < 4.78 is 21.3. The lowest BCUT2D eigenvalue weighted by atomic mass is 9.94. The highest BCUT2D eigenvalue weighted by molar-refractivity contribution is 5.81. The zero-order valence-corrected chi connectivity index (χ0v) is 14.2. The van der Waals surface area contributed by atoms with Crippen molar-refractivity contribution in [2.75, 3.05) is 28.4 Å². The predicted molar refractivity (Wildman–Crippen MR) is 88.3 cm³/mol. The molecule has 1 aliphatic rings. The lowest BCUT2D eigenvalue weighted by Gasteiger charge is -2.20. The summed E-state index contributed by atoms with van der Waals surface area (Å²) in [7, 11) is 6.25. The normalized spacial score (nSPS) is 13.5. The summed E-state index contributed by atoms with van der Waals surface area (Å²) >= 11 is 0. The number of methoxy groups -OCH3 is 4. The second-order valence-electron chi connectivity index (χ2n) is 5.38. The van der Waals surface area contributed by atoms with Crippen molar-refractivity contribution in [3.05, 3.63) is 23.3 Å². The molecule has 1 aliphatic carbocycles. The standard InChI is InChI=1S/C18H24O5/c1-20-14-11-13-8-6-5-7-12(9-10-15(19)21-2)16(13)18(23-4)17(14)22-3/h7,11H,5-6,8-10H2,1-4H3. The zero-order chi connectivity index (χ0) is 16.8. The number of fused-ring (bicyclic) bond motifs is 1. The molecule has 0 saturated heterocycles. The zero-order valence-electron chi connectivity index (χ0n) is 14.2. The molecular weight excluding hydrogens is 296 g/mol. The van der Waals surface area contributed by atoms with E-state index < -0.39 is 0 Å². The monoisotopic (exact) mass is 320 g/mol. The molecule has 1 aromatic carbocycles. The van der Waals surface area contributed by atoms with Crippen molar-refractivity contribution in [3.63, 3.8) is 0 Å². The summed E-state index contributed by atoms with van der Waals surface area (Å²) in [4.78, 5) is 11.5. The van der Waals surface area contributed by atoms with E-state index in [0.717, 1.165) is 36.0 Å². The molecule has 0 amide bonds. The van der Waals surface area contributed by atoms with Crippen molar-refractivity contribution >= 4 is 11.5 Å². The lowest BCUT2D eigenvalue weighted by molar-refractivity contribution is -0.140. The summed E-state index contributed by atoms with van der Waals surface area (Å²) in [6, 6.07) is 2.01. The van der Waals surface area contributed by atoms with Crippen LogP contribution in [0.25, 0.3) is 5.57 Å². The second-order valence-corrected chi connectivity index (χ2v) is 5.38. The Bertz CT molecular complexity index is 604. The van der Waals surface area contributed by atoms with Crippen LogP contribution in [0.2, 0.25) is 0 Å². The number of hydrogen-bond donors (Lipinski definition) is 0. The number of aryl methyl sites for hydroxylation is 1. The number of allylic oxidation sites excluding steroid dienone is 2. The van der Waals surface area contributed by atoms with E-state index >= 15 is 0 Å². The molecule has 5 heteroatoms. The Morgan fingerprint density at radius 2 is 1.83 bits per heavy atom. The minimum absolute atomic E-state index is 0.212. The molecule has 1 aromatic rings. The van der Waals surface area contributed by atoms with Crippen molar-refractivity contribution in [1.82, 2.24) is 0 Å². The average Bonchev–Trinajstić information content (AvgIpc) is 2.79. The van der Waals surface area contributed by atoms with Gasteiger partial charge in [0.15, 0.2) is 11.5 Å². The molecule has 0 fully saturated rings. The van der Waals surface area contributed by atoms with Crippen LogP contribution in [-0.4, -0.2) is 34.4 Å². The van der Waals surface area contributed by atoms with Crippen LogP contribution in [0.5, 0.6) is 17.2 Å². The van der Waals surface area contributed by atoms with E-state index in [9.17, 15) is 4.79 Å². The molecule has 0 spiro atoms. The number of esters is 1. The molecular formula is C18H24O5. The van der Waals surface area contributed by atoms with Gasteiger partial charge in [-0.3, -0.25) is 4.79 Å². The SMILES string of the molecule is COC(=O)CCC1=CCCCc2cc(OC)c(OC)c(OC)c21. The van der Waals surface area contributed by atoms with Crippen molar-refractivity contribution < 1.29 is 23.7 Å². The maximum Gasteiger partial charge on any atom is 0.305 e. The highest BCUT2D eigenvalue weighted by Gasteiger charge is 2.24. The second kappa shape index (κ2) is 7.90. The summed E-state index contributed by atoms with van der Waals surface area (Å²) in [6.45, 7) is 0. The first-order valence-electron chi connectivity index (χ1n) is 7.74. The third kappa shape index (κ3) is 3.60. The molecule has 0 radical (unpaired) electrons. The summed E-state index contributed by atoms with van der Waals surface area (Å²) in [6.07, 6.45) is 6.10. The van der Waals surface area contributed by atoms with E-state index in [2.05, 4.69) is 6.08 Å². The molecule has 0 atom stereocenters. The maximum atomic E-state index is 11.5. The molecule has 0 bridgehead atoms. The Morgan fingerprint density at radius 1 is 1.09 bits per heavy atom. The van der Waals surface area contributed by atoms with Crippen molar-refractivity contribution in [3.8, 4) is 17.2 Å². The van der Waals surface area contributed by atoms with E-state index in [1.807, 2.05) is 6.07 Å². The number of ether oxygens (including phenoxy) is 4. The van der Waals surface area contributed by atoms with Gasteiger partial charge in [-0.25, -0.2) is 0 Å². The summed E-state index contributed by atoms with van der Waals surface area (Å²) in [5.41, 5.74) is 3.28. The van der Waals surface area contributed by atoms with Crippen LogP contribution in [0.15, 0.2) is 12.1 Å². The lowest BCUT2D eigenvalue weighted by Crippen LogP contribution is -2.04. The Labute approximate surface area is 137 Å². The molecule has 0 aromatic heterocycles. The number of hydrogen-bond acceptors (Lipinski definition) is 5. The first-order chi connectivity index (χ1) is 11.2. The van der Waals surface area contributed by atoms with Crippen LogP contribution in [0.1, 0.15) is 36.8 Å². The maximum absolute atomic E-state index is 11.5. The Hall–Kier alpha value is -2.17. The van der Waals surface area contributed by atoms with E-state index in [1.165, 1.54) is 7.11 Å². The predicted octanol–water partition coefficient (Wildman–Crippen LogP) is 3.39. The van der Waals surface area contributed by atoms with Crippen molar-refractivity contribution in [2.24, 2.45) is 0 Å². The first-order valence-corrected chi connectivity index (χ1v) is 7.74. The van der Waals surface area contributed by atoms with Gasteiger partial charge >= 0.3 is 5.97 Å². The van der Waals surface area contributed by atoms with E-state index in [-0.39, 0.29) is 5.97 Å². The topological polar surface area (TPSA) is 54.0 Å². The van der Waals surface area contributed by atoms with Gasteiger partial charge < -0.3 is 18.9 Å². The third-order valence-corrected chi connectivity index (χ3v) is 4.10. The van der Waals surface area contributed by atoms with Crippen molar-refractivity contribution in [2.45, 2.75) is 32.1 Å². The molecule has 2 rings (SSSR count). The Balaban J connectivity index is 2.51. The van der Waals surface area contributed by atoms with Gasteiger partial charge in [0.05, 0.1) is 28.4 Å². The molecule has 0 saturated carbocycles. The van der Waals surface area contributed by atoms with E-state index in [1.54, 1.807) is 21.3 Å². The summed E-state index contributed by atoms with van der Waals surface area (Å²) in [5, 5.41) is 0. The van der Waals surface area contributed by atoms with Gasteiger partial charge in [-0.1, -0.05) is 6.08 Å². The Morgan fingerprint density at radius 3 is 2.43 bits per heavy atom. The van der Waals surface area contributed by atoms with Gasteiger partial charge in [0.1, 0.15) is 0 Å². The van der Waals surface area contributed by atoms with Gasteiger partial charge in [-0.05, 0) is 42.9 Å². The molecule has 0 N–H and O–H groups in total. The number of rotatable bonds is 6.